The fourth-order valence-electron chi connectivity index (χ4n) is 4.31. The summed E-state index contributed by atoms with van der Waals surface area (Å²) in [5.41, 5.74) is 2.25. The maximum Gasteiger partial charge on any atom is 0.162 e. The molecule has 3 heteroatoms. The Morgan fingerprint density at radius 3 is 2.06 bits per heavy atom. The third kappa shape index (κ3) is 6.28. The first-order valence-electron chi connectivity index (χ1n) is 11.4. The molecule has 0 amide bonds. The molecule has 1 saturated heterocycles. The Morgan fingerprint density at radius 2 is 1.39 bits per heavy atom. The summed E-state index contributed by atoms with van der Waals surface area (Å²) in [5.74, 6) is 2.47. The van der Waals surface area contributed by atoms with Gasteiger partial charge >= 0.3 is 0 Å². The highest BCUT2D eigenvalue weighted by molar-refractivity contribution is 5.96. The van der Waals surface area contributed by atoms with Crippen molar-refractivity contribution in [2.45, 2.75) is 38.0 Å². The molecule has 1 aliphatic rings. The van der Waals surface area contributed by atoms with Crippen LogP contribution in [0.3, 0.4) is 0 Å². The van der Waals surface area contributed by atoms with Crippen LogP contribution in [0.1, 0.15) is 53.9 Å². The molecular weight excluding hydrogens is 382 g/mol. The van der Waals surface area contributed by atoms with Crippen molar-refractivity contribution in [3.63, 3.8) is 0 Å². The van der Waals surface area contributed by atoms with Gasteiger partial charge in [0.1, 0.15) is 11.5 Å². The maximum absolute atomic E-state index is 12.5. The molecule has 160 valence electrons. The summed E-state index contributed by atoms with van der Waals surface area (Å²) in [4.78, 5) is 15.1. The number of benzene rings is 3. The molecule has 0 saturated carbocycles. The first-order chi connectivity index (χ1) is 15.3. The van der Waals surface area contributed by atoms with Gasteiger partial charge in [0.05, 0.1) is 0 Å². The zero-order valence-electron chi connectivity index (χ0n) is 18.1. The molecule has 3 nitrogen and oxygen atoms in total. The van der Waals surface area contributed by atoms with Crippen LogP contribution in [0.15, 0.2) is 84.9 Å². The number of piperidine rings is 1. The van der Waals surface area contributed by atoms with Crippen molar-refractivity contribution < 1.29 is 9.53 Å². The standard InChI is InChI=1S/C28H31NO2/c30-28(25-14-16-27(17-15-25)31-26-11-5-2-6-12-26)13-7-8-20-29-21-18-24(19-22-29)23-9-3-1-4-10-23/h1-6,9-12,14-17,24H,7-8,13,18-22H2. The highest BCUT2D eigenvalue weighted by Gasteiger charge is 2.20. The number of likely N-dealkylation sites (tertiary alicyclic amines) is 1. The van der Waals surface area contributed by atoms with Crippen LogP contribution in [-0.4, -0.2) is 30.3 Å². The van der Waals surface area contributed by atoms with E-state index in [-0.39, 0.29) is 5.78 Å². The molecular formula is C28H31NO2. The second kappa shape index (κ2) is 10.9. The van der Waals surface area contributed by atoms with Gasteiger partial charge in [0, 0.05) is 12.0 Å². The Labute approximate surface area is 185 Å². The average Bonchev–Trinajstić information content (AvgIpc) is 2.84. The van der Waals surface area contributed by atoms with E-state index in [0.717, 1.165) is 49.5 Å². The SMILES string of the molecule is O=C(CCCCN1CCC(c2ccccc2)CC1)c1ccc(Oc2ccccc2)cc1. The number of carbonyl (C=O) groups excluding carboxylic acids is 1. The molecule has 3 aromatic rings. The molecule has 0 N–H and O–H groups in total. The van der Waals surface area contributed by atoms with Crippen molar-refractivity contribution in [2.24, 2.45) is 0 Å². The first-order valence-corrected chi connectivity index (χ1v) is 11.4. The van der Waals surface area contributed by atoms with Crippen molar-refractivity contribution >= 4 is 5.78 Å². The molecule has 0 spiro atoms. The third-order valence-electron chi connectivity index (χ3n) is 6.14. The third-order valence-corrected chi connectivity index (χ3v) is 6.14. The number of hydrogen-bond donors (Lipinski definition) is 0. The summed E-state index contributed by atoms with van der Waals surface area (Å²) < 4.78 is 5.80. The lowest BCUT2D eigenvalue weighted by atomic mass is 9.89. The Bertz CT molecular complexity index is 930. The topological polar surface area (TPSA) is 29.5 Å². The molecule has 1 fully saturated rings. The van der Waals surface area contributed by atoms with Crippen molar-refractivity contribution in [3.8, 4) is 11.5 Å². The van der Waals surface area contributed by atoms with Gasteiger partial charge in [-0.15, -0.1) is 0 Å². The van der Waals surface area contributed by atoms with Gasteiger partial charge in [0.15, 0.2) is 5.78 Å². The summed E-state index contributed by atoms with van der Waals surface area (Å²) in [5, 5.41) is 0. The first kappa shape index (κ1) is 21.3. The van der Waals surface area contributed by atoms with Crippen LogP contribution in [0.5, 0.6) is 11.5 Å². The number of Topliss-reactive ketones (excluding diaryl/α,β-unsaturated/α-hetero) is 1. The van der Waals surface area contributed by atoms with E-state index in [2.05, 4.69) is 35.2 Å². The lowest BCUT2D eigenvalue weighted by molar-refractivity contribution is 0.0977. The van der Waals surface area contributed by atoms with Crippen molar-refractivity contribution in [1.82, 2.24) is 4.90 Å². The van der Waals surface area contributed by atoms with Gasteiger partial charge in [-0.3, -0.25) is 4.79 Å². The Hall–Kier alpha value is -2.91. The number of para-hydroxylation sites is 1. The number of ether oxygens (including phenoxy) is 1. The molecule has 0 atom stereocenters. The minimum atomic E-state index is 0.217. The van der Waals surface area contributed by atoms with Crippen LogP contribution in [0.4, 0.5) is 0 Å². The minimum Gasteiger partial charge on any atom is -0.457 e. The molecule has 0 aromatic heterocycles. The summed E-state index contributed by atoms with van der Waals surface area (Å²) in [7, 11) is 0. The van der Waals surface area contributed by atoms with Crippen LogP contribution in [-0.2, 0) is 0 Å². The van der Waals surface area contributed by atoms with Crippen LogP contribution in [0.25, 0.3) is 0 Å². The molecule has 31 heavy (non-hydrogen) atoms. The van der Waals surface area contributed by atoms with Crippen LogP contribution >= 0.6 is 0 Å². The summed E-state index contributed by atoms with van der Waals surface area (Å²) in [6.07, 6.45) is 5.11. The van der Waals surface area contributed by atoms with Gasteiger partial charge in [0.2, 0.25) is 0 Å². The molecule has 3 aromatic carbocycles. The number of unbranched alkanes of at least 4 members (excludes halogenated alkanes) is 1. The fraction of sp³-hybridized carbons (Fsp3) is 0.321. The smallest absolute Gasteiger partial charge is 0.162 e. The predicted octanol–water partition coefficient (Wildman–Crippen LogP) is 6.71. The lowest BCUT2D eigenvalue weighted by Gasteiger charge is -2.32. The summed E-state index contributed by atoms with van der Waals surface area (Å²) >= 11 is 0. The highest BCUT2D eigenvalue weighted by Crippen LogP contribution is 2.28. The monoisotopic (exact) mass is 413 g/mol. The quantitative estimate of drug-likeness (QED) is 0.288. The van der Waals surface area contributed by atoms with E-state index >= 15 is 0 Å². The van der Waals surface area contributed by atoms with E-state index in [0.29, 0.717) is 12.3 Å². The molecule has 0 radical (unpaired) electrons. The van der Waals surface area contributed by atoms with Crippen molar-refractivity contribution in [1.29, 1.82) is 0 Å². The average molecular weight is 414 g/mol. The van der Waals surface area contributed by atoms with Gasteiger partial charge in [-0.05, 0) is 93.2 Å². The highest BCUT2D eigenvalue weighted by atomic mass is 16.5. The number of rotatable bonds is 9. The maximum atomic E-state index is 12.5. The van der Waals surface area contributed by atoms with Gasteiger partial charge < -0.3 is 9.64 Å². The molecule has 0 aliphatic carbocycles. The zero-order chi connectivity index (χ0) is 21.3. The van der Waals surface area contributed by atoms with Gasteiger partial charge in [0.25, 0.3) is 0 Å². The second-order valence-electron chi connectivity index (χ2n) is 8.35. The molecule has 1 aliphatic heterocycles. The Morgan fingerprint density at radius 1 is 0.774 bits per heavy atom. The number of nitrogens with zero attached hydrogens (tertiary/aromatic N) is 1. The molecule has 4 rings (SSSR count). The Kier molecular flexibility index (Phi) is 7.51. The van der Waals surface area contributed by atoms with Gasteiger partial charge in [-0.2, -0.15) is 0 Å². The van der Waals surface area contributed by atoms with E-state index in [9.17, 15) is 4.79 Å². The van der Waals surface area contributed by atoms with Crippen molar-refractivity contribution in [3.05, 3.63) is 96.1 Å². The normalized spacial score (nSPS) is 15.0. The Balaban J connectivity index is 1.15. The van der Waals surface area contributed by atoms with Gasteiger partial charge in [-0.1, -0.05) is 48.5 Å². The number of hydrogen-bond acceptors (Lipinski definition) is 3. The van der Waals surface area contributed by atoms with E-state index in [1.54, 1.807) is 0 Å². The molecule has 0 bridgehead atoms. The lowest BCUT2D eigenvalue weighted by Crippen LogP contribution is -2.33. The largest absolute Gasteiger partial charge is 0.457 e. The number of carbonyl (C=O) groups is 1. The fourth-order valence-corrected chi connectivity index (χ4v) is 4.31. The molecule has 0 unspecified atom stereocenters. The van der Waals surface area contributed by atoms with Crippen LogP contribution in [0, 0.1) is 0 Å². The predicted molar refractivity (Wildman–Crippen MR) is 126 cm³/mol. The minimum absolute atomic E-state index is 0.217. The van der Waals surface area contributed by atoms with E-state index in [1.807, 2.05) is 54.6 Å². The number of ketones is 1. The van der Waals surface area contributed by atoms with E-state index < -0.39 is 0 Å². The van der Waals surface area contributed by atoms with E-state index in [1.165, 1.54) is 18.4 Å². The molecule has 1 heterocycles. The summed E-state index contributed by atoms with van der Waals surface area (Å²) in [6.45, 7) is 3.42. The van der Waals surface area contributed by atoms with Gasteiger partial charge in [-0.25, -0.2) is 0 Å². The van der Waals surface area contributed by atoms with Crippen LogP contribution in [0.2, 0.25) is 0 Å². The van der Waals surface area contributed by atoms with E-state index in [4.69, 9.17) is 4.74 Å². The van der Waals surface area contributed by atoms with Crippen molar-refractivity contribution in [2.75, 3.05) is 19.6 Å². The second-order valence-corrected chi connectivity index (χ2v) is 8.35. The summed E-state index contributed by atoms with van der Waals surface area (Å²) in [6, 6.07) is 28.1. The zero-order valence-corrected chi connectivity index (χ0v) is 18.1. The van der Waals surface area contributed by atoms with Crippen LogP contribution < -0.4 is 4.74 Å².